The zero-order valence-corrected chi connectivity index (χ0v) is 13.3. The summed E-state index contributed by atoms with van der Waals surface area (Å²) < 4.78 is 0. The van der Waals surface area contributed by atoms with Crippen LogP contribution in [-0.2, 0) is 0 Å². The summed E-state index contributed by atoms with van der Waals surface area (Å²) in [5.41, 5.74) is 0.556. The number of hydrogen-bond acceptors (Lipinski definition) is 0. The predicted molar refractivity (Wildman–Crippen MR) is 91.3 cm³/mol. The third kappa shape index (κ3) is 3.82. The Morgan fingerprint density at radius 1 is 0.700 bits per heavy atom. The van der Waals surface area contributed by atoms with Gasteiger partial charge < -0.3 is 0 Å². The molecule has 0 atom stereocenters. The van der Waals surface area contributed by atoms with Gasteiger partial charge in [0.2, 0.25) is 0 Å². The maximum Gasteiger partial charge on any atom is 0.0335 e. The van der Waals surface area contributed by atoms with Crippen LogP contribution in [0.4, 0.5) is 0 Å². The van der Waals surface area contributed by atoms with Crippen LogP contribution in [0.15, 0.2) is 0 Å². The highest BCUT2D eigenvalue weighted by Crippen LogP contribution is 2.46. The second-order valence-corrected chi connectivity index (χ2v) is 6.97. The second-order valence-electron chi connectivity index (χ2n) is 6.97. The van der Waals surface area contributed by atoms with Gasteiger partial charge in [-0.1, -0.05) is 66.2 Å². The third-order valence-electron chi connectivity index (χ3n) is 5.53. The molecule has 0 spiro atoms. The Kier molecular flexibility index (Phi) is 7.44. The molecule has 0 bridgehead atoms. The molecular weight excluding hydrogens is 240 g/mol. The van der Waals surface area contributed by atoms with Crippen LogP contribution in [0.2, 0.25) is 0 Å². The Morgan fingerprint density at radius 2 is 1.00 bits per heavy atom. The van der Waals surface area contributed by atoms with Gasteiger partial charge in [0.1, 0.15) is 0 Å². The second kappa shape index (κ2) is 7.78. The Bertz CT molecular complexity index is 348. The summed E-state index contributed by atoms with van der Waals surface area (Å²) in [5, 5.41) is 0. The van der Waals surface area contributed by atoms with Gasteiger partial charge in [-0.05, 0) is 37.5 Å². The van der Waals surface area contributed by atoms with Crippen molar-refractivity contribution in [1.82, 2.24) is 0 Å². The molecule has 2 saturated carbocycles. The molecule has 0 heteroatoms. The van der Waals surface area contributed by atoms with Gasteiger partial charge in [-0.2, -0.15) is 0 Å². The van der Waals surface area contributed by atoms with Crippen molar-refractivity contribution >= 4 is 0 Å². The zero-order valence-electron chi connectivity index (χ0n) is 13.3. The summed E-state index contributed by atoms with van der Waals surface area (Å²) in [4.78, 5) is 0. The highest BCUT2D eigenvalue weighted by Gasteiger charge is 2.37. The maximum atomic E-state index is 5.52. The minimum atomic E-state index is 0. The van der Waals surface area contributed by atoms with Crippen LogP contribution in [0.5, 0.6) is 0 Å². The van der Waals surface area contributed by atoms with Crippen molar-refractivity contribution < 1.29 is 0 Å². The Labute approximate surface area is 128 Å². The SMILES string of the molecule is C.C#CC1(C(C)C)CCC1.C#CC1(C(C)C)CCCC1. The van der Waals surface area contributed by atoms with Crippen LogP contribution in [0.1, 0.15) is 80.1 Å². The van der Waals surface area contributed by atoms with Crippen LogP contribution in [0.25, 0.3) is 0 Å². The molecule has 0 aromatic carbocycles. The van der Waals surface area contributed by atoms with E-state index in [2.05, 4.69) is 39.5 Å². The van der Waals surface area contributed by atoms with E-state index in [-0.39, 0.29) is 12.8 Å². The first-order valence-electron chi connectivity index (χ1n) is 7.88. The lowest BCUT2D eigenvalue weighted by molar-refractivity contribution is 0.145. The molecule has 0 aromatic rings. The lowest BCUT2D eigenvalue weighted by Crippen LogP contribution is -2.32. The smallest absolute Gasteiger partial charge is 0.0335 e. The summed E-state index contributed by atoms with van der Waals surface area (Å²) in [5.74, 6) is 7.23. The van der Waals surface area contributed by atoms with Crippen molar-refractivity contribution in [3.05, 3.63) is 0 Å². The molecule has 114 valence electrons. The monoisotopic (exact) mass is 274 g/mol. The van der Waals surface area contributed by atoms with E-state index in [1.54, 1.807) is 0 Å². The van der Waals surface area contributed by atoms with Gasteiger partial charge in [0.05, 0.1) is 0 Å². The molecule has 2 aliphatic rings. The van der Waals surface area contributed by atoms with Gasteiger partial charge >= 0.3 is 0 Å². The fraction of sp³-hybridized carbons (Fsp3) is 0.800. The van der Waals surface area contributed by atoms with Crippen LogP contribution in [0.3, 0.4) is 0 Å². The first-order valence-corrected chi connectivity index (χ1v) is 7.88. The summed E-state index contributed by atoms with van der Waals surface area (Å²) in [7, 11) is 0. The van der Waals surface area contributed by atoms with Crippen molar-refractivity contribution in [2.75, 3.05) is 0 Å². The third-order valence-corrected chi connectivity index (χ3v) is 5.53. The van der Waals surface area contributed by atoms with Gasteiger partial charge in [0.15, 0.2) is 0 Å². The molecule has 0 amide bonds. The average molecular weight is 274 g/mol. The fourth-order valence-corrected chi connectivity index (χ4v) is 3.34. The van der Waals surface area contributed by atoms with E-state index in [0.717, 1.165) is 0 Å². The molecule has 0 aromatic heterocycles. The molecule has 2 fully saturated rings. The van der Waals surface area contributed by atoms with Crippen molar-refractivity contribution in [2.45, 2.75) is 80.1 Å². The van der Waals surface area contributed by atoms with E-state index in [1.165, 1.54) is 44.9 Å². The van der Waals surface area contributed by atoms with E-state index < -0.39 is 0 Å². The first-order chi connectivity index (χ1) is 8.92. The lowest BCUT2D eigenvalue weighted by Gasteiger charge is -2.40. The normalized spacial score (nSPS) is 21.8. The maximum absolute atomic E-state index is 5.52. The van der Waals surface area contributed by atoms with E-state index in [9.17, 15) is 0 Å². The summed E-state index contributed by atoms with van der Waals surface area (Å²) in [6.07, 6.45) is 20.0. The largest absolute Gasteiger partial charge is 0.120 e. The Hall–Kier alpha value is -0.880. The van der Waals surface area contributed by atoms with Gasteiger partial charge in [-0.3, -0.25) is 0 Å². The number of rotatable bonds is 2. The molecule has 0 saturated heterocycles. The van der Waals surface area contributed by atoms with Gasteiger partial charge in [0.25, 0.3) is 0 Å². The van der Waals surface area contributed by atoms with E-state index in [4.69, 9.17) is 12.8 Å². The molecule has 20 heavy (non-hydrogen) atoms. The number of terminal acetylenes is 2. The minimum Gasteiger partial charge on any atom is -0.120 e. The highest BCUT2D eigenvalue weighted by molar-refractivity contribution is 5.11. The number of hydrogen-bond donors (Lipinski definition) is 0. The highest BCUT2D eigenvalue weighted by atomic mass is 14.4. The van der Waals surface area contributed by atoms with Crippen molar-refractivity contribution in [3.63, 3.8) is 0 Å². The average Bonchev–Trinajstić information content (AvgIpc) is 2.78. The Morgan fingerprint density at radius 3 is 1.10 bits per heavy atom. The Balaban J connectivity index is 0.000000345. The lowest BCUT2D eigenvalue weighted by atomic mass is 9.63. The minimum absolute atomic E-state index is 0. The van der Waals surface area contributed by atoms with Crippen molar-refractivity contribution in [2.24, 2.45) is 22.7 Å². The summed E-state index contributed by atoms with van der Waals surface area (Å²) >= 11 is 0. The standard InChI is InChI=1S/C10H16.C9H14.CH4/c1-4-10(9(2)3)7-5-6-8-10;1-4-9(8(2)3)6-5-7-9;/h1,9H,5-8H2,2-3H3;1,8H,5-7H2,2-3H3;1H4. The van der Waals surface area contributed by atoms with Crippen LogP contribution < -0.4 is 0 Å². The molecule has 0 N–H and O–H groups in total. The van der Waals surface area contributed by atoms with Crippen molar-refractivity contribution in [1.29, 1.82) is 0 Å². The van der Waals surface area contributed by atoms with Crippen LogP contribution >= 0.6 is 0 Å². The predicted octanol–water partition coefficient (Wildman–Crippen LogP) is 5.92. The molecule has 0 heterocycles. The molecule has 0 unspecified atom stereocenters. The van der Waals surface area contributed by atoms with E-state index in [0.29, 0.717) is 17.3 Å². The van der Waals surface area contributed by atoms with Crippen LogP contribution in [0, 0.1) is 47.4 Å². The van der Waals surface area contributed by atoms with Crippen LogP contribution in [-0.4, -0.2) is 0 Å². The molecular formula is C20H34. The molecule has 0 aliphatic heterocycles. The van der Waals surface area contributed by atoms with Gasteiger partial charge in [0, 0.05) is 10.8 Å². The fourth-order valence-electron chi connectivity index (χ4n) is 3.34. The van der Waals surface area contributed by atoms with E-state index in [1.807, 2.05) is 0 Å². The van der Waals surface area contributed by atoms with E-state index >= 15 is 0 Å². The molecule has 0 radical (unpaired) electrons. The first kappa shape index (κ1) is 19.1. The van der Waals surface area contributed by atoms with Crippen molar-refractivity contribution in [3.8, 4) is 24.7 Å². The summed E-state index contributed by atoms with van der Waals surface area (Å²) in [6, 6.07) is 0. The topological polar surface area (TPSA) is 0 Å². The van der Waals surface area contributed by atoms with Gasteiger partial charge in [-0.15, -0.1) is 12.8 Å². The molecule has 2 rings (SSSR count). The quantitative estimate of drug-likeness (QED) is 0.548. The summed E-state index contributed by atoms with van der Waals surface area (Å²) in [6.45, 7) is 8.93. The molecule has 2 aliphatic carbocycles. The molecule has 0 nitrogen and oxygen atoms in total. The zero-order chi connectivity index (χ0) is 14.5. The van der Waals surface area contributed by atoms with Gasteiger partial charge in [-0.25, -0.2) is 0 Å².